The summed E-state index contributed by atoms with van der Waals surface area (Å²) in [5.74, 6) is 0.214. The van der Waals surface area contributed by atoms with E-state index in [9.17, 15) is 4.79 Å². The number of carbonyl (C=O) groups excluding carboxylic acids is 1. The van der Waals surface area contributed by atoms with Crippen LogP contribution in [0.4, 0.5) is 5.69 Å². The van der Waals surface area contributed by atoms with E-state index in [0.29, 0.717) is 40.2 Å². The lowest BCUT2D eigenvalue weighted by atomic mass is 10.2. The van der Waals surface area contributed by atoms with Gasteiger partial charge in [0, 0.05) is 22.3 Å². The Hall–Kier alpha value is -1.91. The van der Waals surface area contributed by atoms with Gasteiger partial charge in [-0.15, -0.1) is 0 Å². The Kier molecular flexibility index (Phi) is 5.92. The molecule has 0 saturated carbocycles. The zero-order chi connectivity index (χ0) is 15.9. The number of methoxy groups -OCH3 is 1. The van der Waals surface area contributed by atoms with Gasteiger partial charge in [0.15, 0.2) is 0 Å². The Labute approximate surface area is 138 Å². The highest BCUT2D eigenvalue weighted by atomic mass is 35.5. The molecule has 2 aromatic rings. The first kappa shape index (κ1) is 16.5. The molecule has 22 heavy (non-hydrogen) atoms. The molecule has 0 aliphatic carbocycles. The summed E-state index contributed by atoms with van der Waals surface area (Å²) >= 11 is 11.8. The Balaban J connectivity index is 1.90. The van der Waals surface area contributed by atoms with E-state index < -0.39 is 0 Å². The van der Waals surface area contributed by atoms with Gasteiger partial charge in [-0.2, -0.15) is 0 Å². The van der Waals surface area contributed by atoms with Crippen molar-refractivity contribution in [3.63, 3.8) is 0 Å². The summed E-state index contributed by atoms with van der Waals surface area (Å²) in [4.78, 5) is 11.6. The summed E-state index contributed by atoms with van der Waals surface area (Å²) in [6, 6.07) is 12.1. The summed E-state index contributed by atoms with van der Waals surface area (Å²) in [6.07, 6.45) is 0. The minimum Gasteiger partial charge on any atom is -0.492 e. The number of ether oxygens (including phenoxy) is 2. The van der Waals surface area contributed by atoms with Crippen LogP contribution in [0.3, 0.4) is 0 Å². The standard InChI is InChI=1S/C16H15Cl2NO3/c1-21-16(20)14-4-2-3-5-15(14)19-6-7-22-13-9-11(17)8-12(18)10-13/h2-5,8-10,19H,6-7H2,1H3. The van der Waals surface area contributed by atoms with Crippen LogP contribution in [0.25, 0.3) is 0 Å². The molecule has 0 aliphatic rings. The molecule has 0 fully saturated rings. The molecule has 0 spiro atoms. The van der Waals surface area contributed by atoms with Gasteiger partial charge in [-0.1, -0.05) is 35.3 Å². The Bertz CT molecular complexity index is 641. The summed E-state index contributed by atoms with van der Waals surface area (Å²) in [6.45, 7) is 0.907. The molecule has 4 nitrogen and oxygen atoms in total. The van der Waals surface area contributed by atoms with Crippen LogP contribution in [0.5, 0.6) is 5.75 Å². The molecule has 0 atom stereocenters. The molecule has 0 amide bonds. The Morgan fingerprint density at radius 2 is 1.82 bits per heavy atom. The van der Waals surface area contributed by atoms with E-state index in [1.807, 2.05) is 12.1 Å². The number of para-hydroxylation sites is 1. The predicted octanol–water partition coefficient (Wildman–Crippen LogP) is 4.27. The fraction of sp³-hybridized carbons (Fsp3) is 0.188. The molecular formula is C16H15Cl2NO3. The van der Waals surface area contributed by atoms with Gasteiger partial charge in [-0.25, -0.2) is 4.79 Å². The molecular weight excluding hydrogens is 325 g/mol. The van der Waals surface area contributed by atoms with Crippen LogP contribution >= 0.6 is 23.2 Å². The summed E-state index contributed by atoms with van der Waals surface area (Å²) in [5, 5.41) is 4.18. The third-order valence-corrected chi connectivity index (χ3v) is 3.29. The highest BCUT2D eigenvalue weighted by Gasteiger charge is 2.10. The number of nitrogens with one attached hydrogen (secondary N) is 1. The average Bonchev–Trinajstić information content (AvgIpc) is 2.50. The molecule has 0 heterocycles. The van der Waals surface area contributed by atoms with Gasteiger partial charge in [-0.3, -0.25) is 0 Å². The predicted molar refractivity (Wildman–Crippen MR) is 88.2 cm³/mol. The lowest BCUT2D eigenvalue weighted by Crippen LogP contribution is -2.14. The van der Waals surface area contributed by atoms with E-state index in [4.69, 9.17) is 32.7 Å². The van der Waals surface area contributed by atoms with Gasteiger partial charge in [0.1, 0.15) is 12.4 Å². The molecule has 0 saturated heterocycles. The van der Waals surface area contributed by atoms with E-state index in [-0.39, 0.29) is 5.97 Å². The number of rotatable bonds is 6. The van der Waals surface area contributed by atoms with Gasteiger partial charge < -0.3 is 14.8 Å². The van der Waals surface area contributed by atoms with Gasteiger partial charge in [0.2, 0.25) is 0 Å². The minimum atomic E-state index is -0.384. The maximum Gasteiger partial charge on any atom is 0.339 e. The zero-order valence-electron chi connectivity index (χ0n) is 11.9. The first-order valence-electron chi connectivity index (χ1n) is 6.60. The van der Waals surface area contributed by atoms with E-state index in [1.165, 1.54) is 7.11 Å². The fourth-order valence-electron chi connectivity index (χ4n) is 1.89. The van der Waals surface area contributed by atoms with Crippen LogP contribution < -0.4 is 10.1 Å². The van der Waals surface area contributed by atoms with Crippen molar-refractivity contribution in [2.24, 2.45) is 0 Å². The van der Waals surface area contributed by atoms with E-state index in [0.717, 1.165) is 0 Å². The average molecular weight is 340 g/mol. The molecule has 116 valence electrons. The maximum absolute atomic E-state index is 11.6. The lowest BCUT2D eigenvalue weighted by Gasteiger charge is -2.11. The number of anilines is 1. The van der Waals surface area contributed by atoms with Crippen molar-refractivity contribution in [2.45, 2.75) is 0 Å². The van der Waals surface area contributed by atoms with Crippen LogP contribution in [0.1, 0.15) is 10.4 Å². The second kappa shape index (κ2) is 7.92. The Morgan fingerprint density at radius 1 is 1.14 bits per heavy atom. The first-order chi connectivity index (χ1) is 10.6. The first-order valence-corrected chi connectivity index (χ1v) is 7.36. The minimum absolute atomic E-state index is 0.384. The number of esters is 1. The molecule has 0 bridgehead atoms. The zero-order valence-corrected chi connectivity index (χ0v) is 13.4. The maximum atomic E-state index is 11.6. The second-order valence-electron chi connectivity index (χ2n) is 4.42. The topological polar surface area (TPSA) is 47.6 Å². The van der Waals surface area contributed by atoms with Gasteiger partial charge in [0.05, 0.1) is 12.7 Å². The summed E-state index contributed by atoms with van der Waals surface area (Å²) < 4.78 is 10.3. The quantitative estimate of drug-likeness (QED) is 0.630. The van der Waals surface area contributed by atoms with E-state index in [2.05, 4.69) is 5.32 Å². The molecule has 0 radical (unpaired) electrons. The number of hydrogen-bond donors (Lipinski definition) is 1. The largest absolute Gasteiger partial charge is 0.492 e. The smallest absolute Gasteiger partial charge is 0.339 e. The van der Waals surface area contributed by atoms with Crippen molar-refractivity contribution in [2.75, 3.05) is 25.6 Å². The van der Waals surface area contributed by atoms with Crippen LogP contribution in [-0.2, 0) is 4.74 Å². The summed E-state index contributed by atoms with van der Waals surface area (Å²) in [5.41, 5.74) is 1.18. The van der Waals surface area contributed by atoms with Crippen molar-refractivity contribution in [3.05, 3.63) is 58.1 Å². The van der Waals surface area contributed by atoms with E-state index >= 15 is 0 Å². The third kappa shape index (κ3) is 4.55. The van der Waals surface area contributed by atoms with Crippen molar-refractivity contribution >= 4 is 34.9 Å². The van der Waals surface area contributed by atoms with Crippen molar-refractivity contribution < 1.29 is 14.3 Å². The Morgan fingerprint density at radius 3 is 2.50 bits per heavy atom. The number of carbonyl (C=O) groups is 1. The highest BCUT2D eigenvalue weighted by molar-refractivity contribution is 6.34. The van der Waals surface area contributed by atoms with Crippen LogP contribution in [-0.4, -0.2) is 26.2 Å². The van der Waals surface area contributed by atoms with E-state index in [1.54, 1.807) is 30.3 Å². The van der Waals surface area contributed by atoms with Crippen molar-refractivity contribution in [1.82, 2.24) is 0 Å². The van der Waals surface area contributed by atoms with Gasteiger partial charge in [-0.05, 0) is 30.3 Å². The van der Waals surface area contributed by atoms with Crippen molar-refractivity contribution in [1.29, 1.82) is 0 Å². The van der Waals surface area contributed by atoms with Gasteiger partial charge in [0.25, 0.3) is 0 Å². The second-order valence-corrected chi connectivity index (χ2v) is 5.29. The van der Waals surface area contributed by atoms with Crippen molar-refractivity contribution in [3.8, 4) is 5.75 Å². The monoisotopic (exact) mass is 339 g/mol. The SMILES string of the molecule is COC(=O)c1ccccc1NCCOc1cc(Cl)cc(Cl)c1. The molecule has 2 rings (SSSR count). The molecule has 6 heteroatoms. The van der Waals surface area contributed by atoms with Crippen LogP contribution in [0.15, 0.2) is 42.5 Å². The third-order valence-electron chi connectivity index (χ3n) is 2.85. The fourth-order valence-corrected chi connectivity index (χ4v) is 2.40. The molecule has 0 aromatic heterocycles. The molecule has 1 N–H and O–H groups in total. The molecule has 2 aromatic carbocycles. The summed E-state index contributed by atoms with van der Waals surface area (Å²) in [7, 11) is 1.35. The number of halogens is 2. The van der Waals surface area contributed by atoms with Crippen LogP contribution in [0.2, 0.25) is 10.0 Å². The van der Waals surface area contributed by atoms with Gasteiger partial charge >= 0.3 is 5.97 Å². The normalized spacial score (nSPS) is 10.1. The highest BCUT2D eigenvalue weighted by Crippen LogP contribution is 2.24. The number of hydrogen-bond acceptors (Lipinski definition) is 4. The number of benzene rings is 2. The lowest BCUT2D eigenvalue weighted by molar-refractivity contribution is 0.0602. The van der Waals surface area contributed by atoms with Crippen LogP contribution in [0, 0.1) is 0 Å². The molecule has 0 unspecified atom stereocenters. The molecule has 0 aliphatic heterocycles.